The van der Waals surface area contributed by atoms with Crippen molar-refractivity contribution in [2.75, 3.05) is 23.3 Å². The number of nitrogens with zero attached hydrogens (tertiary/aromatic N) is 4. The average Bonchev–Trinajstić information content (AvgIpc) is 2.78. The van der Waals surface area contributed by atoms with E-state index < -0.39 is 29.3 Å². The molecule has 1 saturated heterocycles. The second kappa shape index (κ2) is 8.86. The normalized spacial score (nSPS) is 16.8. The van der Waals surface area contributed by atoms with Gasteiger partial charge >= 0.3 is 12.1 Å². The van der Waals surface area contributed by atoms with Crippen LogP contribution in [-0.4, -0.2) is 38.5 Å². The Morgan fingerprint density at radius 2 is 1.91 bits per heavy atom. The number of carboxylic acids is 1. The predicted molar refractivity (Wildman–Crippen MR) is 125 cm³/mol. The first-order valence-electron chi connectivity index (χ1n) is 11.2. The first-order chi connectivity index (χ1) is 16.4. The molecule has 8 nitrogen and oxygen atoms in total. The smallest absolute Gasteiger partial charge is 0.417 e. The number of carboxylic acid groups (broad SMARTS) is 1. The molecule has 0 bridgehead atoms. The number of hydrogen-bond acceptors (Lipinski definition) is 6. The molecular formula is C24H26F3N5O3. The third-order valence-corrected chi connectivity index (χ3v) is 6.39. The maximum absolute atomic E-state index is 13.7. The second-order valence-electron chi connectivity index (χ2n) is 9.55. The number of fused-ring (bicyclic) bond motifs is 1. The zero-order valence-electron chi connectivity index (χ0n) is 19.6. The fourth-order valence-electron chi connectivity index (χ4n) is 4.20. The van der Waals surface area contributed by atoms with E-state index in [-0.39, 0.29) is 28.0 Å². The Labute approximate surface area is 199 Å². The molecule has 0 amide bonds. The summed E-state index contributed by atoms with van der Waals surface area (Å²) in [6.45, 7) is 7.27. The summed E-state index contributed by atoms with van der Waals surface area (Å²) >= 11 is 0. The SMILES string of the molecule is C[C@@H](Nc1cccnc1C(=O)O)c1cc(C(F)(F)F)cn2c(=O)cc(N3CCC(C)(C)CC3)nc12. The largest absolute Gasteiger partial charge is 0.476 e. The van der Waals surface area contributed by atoms with Crippen molar-refractivity contribution in [1.82, 2.24) is 14.4 Å². The number of anilines is 2. The van der Waals surface area contributed by atoms with Crippen molar-refractivity contribution < 1.29 is 23.1 Å². The van der Waals surface area contributed by atoms with Gasteiger partial charge in [0.25, 0.3) is 5.56 Å². The van der Waals surface area contributed by atoms with Crippen LogP contribution in [0, 0.1) is 5.41 Å². The summed E-state index contributed by atoms with van der Waals surface area (Å²) in [5, 5.41) is 12.3. The van der Waals surface area contributed by atoms with Gasteiger partial charge in [0.2, 0.25) is 0 Å². The van der Waals surface area contributed by atoms with Gasteiger partial charge < -0.3 is 15.3 Å². The summed E-state index contributed by atoms with van der Waals surface area (Å²) in [6, 6.07) is 4.38. The van der Waals surface area contributed by atoms with Gasteiger partial charge in [0.05, 0.1) is 17.3 Å². The molecule has 0 saturated carbocycles. The van der Waals surface area contributed by atoms with Gasteiger partial charge in [-0.2, -0.15) is 13.2 Å². The summed E-state index contributed by atoms with van der Waals surface area (Å²) in [5.74, 6) is -0.870. The number of pyridine rings is 2. The number of carbonyl (C=O) groups is 1. The Morgan fingerprint density at radius 1 is 1.23 bits per heavy atom. The molecule has 35 heavy (non-hydrogen) atoms. The summed E-state index contributed by atoms with van der Waals surface area (Å²) < 4.78 is 41.9. The van der Waals surface area contributed by atoms with Crippen molar-refractivity contribution in [3.63, 3.8) is 0 Å². The summed E-state index contributed by atoms with van der Waals surface area (Å²) in [5.41, 5.74) is -1.41. The van der Waals surface area contributed by atoms with Gasteiger partial charge in [-0.15, -0.1) is 0 Å². The molecule has 1 aliphatic heterocycles. The van der Waals surface area contributed by atoms with Gasteiger partial charge in [0.1, 0.15) is 11.5 Å². The molecule has 186 valence electrons. The van der Waals surface area contributed by atoms with Crippen LogP contribution in [-0.2, 0) is 6.18 Å². The molecule has 11 heteroatoms. The van der Waals surface area contributed by atoms with E-state index in [1.165, 1.54) is 24.4 Å². The van der Waals surface area contributed by atoms with E-state index in [9.17, 15) is 27.9 Å². The van der Waals surface area contributed by atoms with Crippen LogP contribution in [0.1, 0.15) is 61.3 Å². The quantitative estimate of drug-likeness (QED) is 0.540. The number of rotatable bonds is 5. The minimum Gasteiger partial charge on any atom is -0.476 e. The Balaban J connectivity index is 1.83. The van der Waals surface area contributed by atoms with E-state index in [1.54, 1.807) is 6.92 Å². The van der Waals surface area contributed by atoms with Crippen LogP contribution < -0.4 is 15.8 Å². The molecule has 0 radical (unpaired) electrons. The van der Waals surface area contributed by atoms with Gasteiger partial charge in [-0.3, -0.25) is 9.20 Å². The Morgan fingerprint density at radius 3 is 2.54 bits per heavy atom. The lowest BCUT2D eigenvalue weighted by molar-refractivity contribution is -0.137. The number of nitrogens with one attached hydrogen (secondary N) is 1. The van der Waals surface area contributed by atoms with Crippen molar-refractivity contribution in [1.29, 1.82) is 0 Å². The van der Waals surface area contributed by atoms with Crippen LogP contribution in [0.25, 0.3) is 5.65 Å². The van der Waals surface area contributed by atoms with Crippen LogP contribution in [0.4, 0.5) is 24.7 Å². The first kappa shape index (κ1) is 24.5. The third-order valence-electron chi connectivity index (χ3n) is 6.39. The number of alkyl halides is 3. The molecule has 3 aromatic rings. The Bertz CT molecular complexity index is 1330. The highest BCUT2D eigenvalue weighted by molar-refractivity contribution is 5.91. The topological polar surface area (TPSA) is 99.8 Å². The van der Waals surface area contributed by atoms with Crippen LogP contribution in [0.3, 0.4) is 0 Å². The number of aromatic carboxylic acids is 1. The van der Waals surface area contributed by atoms with Gasteiger partial charge in [0, 0.05) is 37.1 Å². The summed E-state index contributed by atoms with van der Waals surface area (Å²) in [7, 11) is 0. The van der Waals surface area contributed by atoms with E-state index in [1.807, 2.05) is 4.90 Å². The van der Waals surface area contributed by atoms with Gasteiger partial charge in [0.15, 0.2) is 5.69 Å². The zero-order chi connectivity index (χ0) is 25.5. The molecule has 4 rings (SSSR count). The van der Waals surface area contributed by atoms with Crippen molar-refractivity contribution >= 4 is 23.1 Å². The van der Waals surface area contributed by atoms with Crippen LogP contribution in [0.2, 0.25) is 0 Å². The van der Waals surface area contributed by atoms with Gasteiger partial charge in [-0.1, -0.05) is 13.8 Å². The van der Waals surface area contributed by atoms with Crippen molar-refractivity contribution in [3.8, 4) is 0 Å². The van der Waals surface area contributed by atoms with Gasteiger partial charge in [-0.25, -0.2) is 14.8 Å². The summed E-state index contributed by atoms with van der Waals surface area (Å²) in [4.78, 5) is 34.9. The zero-order valence-corrected chi connectivity index (χ0v) is 19.6. The lowest BCUT2D eigenvalue weighted by Crippen LogP contribution is -2.38. The van der Waals surface area contributed by atoms with Crippen LogP contribution in [0.15, 0.2) is 41.5 Å². The van der Waals surface area contributed by atoms with Crippen molar-refractivity contribution in [2.24, 2.45) is 5.41 Å². The summed E-state index contributed by atoms with van der Waals surface area (Å²) in [6.07, 6.45) is -0.849. The standard InChI is InChI=1S/C24H26F3N5O3/c1-14(29-17-5-4-8-28-20(17)22(34)35)16-11-15(24(25,26)27)13-32-19(33)12-18(30-21(16)32)31-9-6-23(2,3)7-10-31/h4-5,8,11-14,29H,6-7,9-10H2,1-3H3,(H,34,35)/t14-/m1/s1. The molecule has 0 aliphatic carbocycles. The Kier molecular flexibility index (Phi) is 6.20. The molecule has 1 aliphatic rings. The lowest BCUT2D eigenvalue weighted by atomic mass is 9.83. The molecule has 2 N–H and O–H groups in total. The highest BCUT2D eigenvalue weighted by Crippen LogP contribution is 2.34. The van der Waals surface area contributed by atoms with Crippen LogP contribution in [0.5, 0.6) is 0 Å². The molecular weight excluding hydrogens is 463 g/mol. The fourth-order valence-corrected chi connectivity index (χ4v) is 4.20. The maximum atomic E-state index is 13.7. The number of halogens is 3. The fraction of sp³-hybridized carbons (Fsp3) is 0.417. The predicted octanol–water partition coefficient (Wildman–Crippen LogP) is 4.61. The molecule has 3 aromatic heterocycles. The number of aromatic nitrogens is 3. The molecule has 0 spiro atoms. The maximum Gasteiger partial charge on any atom is 0.417 e. The van der Waals surface area contributed by atoms with Gasteiger partial charge in [-0.05, 0) is 43.4 Å². The van der Waals surface area contributed by atoms with E-state index in [0.29, 0.717) is 18.9 Å². The van der Waals surface area contributed by atoms with E-state index in [0.717, 1.165) is 29.5 Å². The lowest BCUT2D eigenvalue weighted by Gasteiger charge is -2.37. The first-order valence-corrected chi connectivity index (χ1v) is 11.2. The molecule has 1 atom stereocenters. The molecule has 4 heterocycles. The van der Waals surface area contributed by atoms with E-state index >= 15 is 0 Å². The van der Waals surface area contributed by atoms with Crippen molar-refractivity contribution in [2.45, 2.75) is 45.8 Å². The van der Waals surface area contributed by atoms with E-state index in [2.05, 4.69) is 29.1 Å². The minimum atomic E-state index is -4.69. The molecule has 0 aromatic carbocycles. The highest BCUT2D eigenvalue weighted by Gasteiger charge is 2.33. The highest BCUT2D eigenvalue weighted by atomic mass is 19.4. The van der Waals surface area contributed by atoms with Crippen molar-refractivity contribution in [3.05, 3.63) is 63.8 Å². The van der Waals surface area contributed by atoms with E-state index in [4.69, 9.17) is 0 Å². The molecule has 1 fully saturated rings. The average molecular weight is 489 g/mol. The monoisotopic (exact) mass is 489 g/mol. The minimum absolute atomic E-state index is 0.0751. The molecule has 0 unspecified atom stereocenters. The van der Waals surface area contributed by atoms with Crippen LogP contribution >= 0.6 is 0 Å². The number of piperidine rings is 1. The second-order valence-corrected chi connectivity index (χ2v) is 9.55. The number of hydrogen-bond donors (Lipinski definition) is 2. The Hall–Kier alpha value is -3.63. The third kappa shape index (κ3) is 5.08.